The third-order valence-corrected chi connectivity index (χ3v) is 3.33. The van der Waals surface area contributed by atoms with Crippen LogP contribution in [0.15, 0.2) is 36.4 Å². The summed E-state index contributed by atoms with van der Waals surface area (Å²) in [7, 11) is 0. The van der Waals surface area contributed by atoms with Crippen molar-refractivity contribution in [1.82, 2.24) is 0 Å². The summed E-state index contributed by atoms with van der Waals surface area (Å²) in [6.07, 6.45) is 3.87. The number of nitrogens with two attached hydrogens (primary N) is 1. The first-order valence-corrected chi connectivity index (χ1v) is 5.64. The molecule has 0 bridgehead atoms. The summed E-state index contributed by atoms with van der Waals surface area (Å²) >= 11 is 1.69. The molecule has 0 fully saturated rings. The van der Waals surface area contributed by atoms with Crippen LogP contribution in [-0.2, 0) is 0 Å². The minimum absolute atomic E-state index is 0.792. The Hall–Kier alpha value is -1.54. The molecule has 1 aromatic carbocycles. The van der Waals surface area contributed by atoms with Crippen molar-refractivity contribution in [3.05, 3.63) is 46.2 Å². The number of allylic oxidation sites excluding steroid dienone is 1. The van der Waals surface area contributed by atoms with Gasteiger partial charge in [-0.1, -0.05) is 30.9 Å². The van der Waals surface area contributed by atoms with E-state index in [-0.39, 0.29) is 0 Å². The average Bonchev–Trinajstić information content (AvgIpc) is 2.54. The van der Waals surface area contributed by atoms with Crippen LogP contribution in [0.25, 0.3) is 22.4 Å². The highest BCUT2D eigenvalue weighted by molar-refractivity contribution is 7.17. The second-order valence-corrected chi connectivity index (χ2v) is 4.49. The van der Waals surface area contributed by atoms with E-state index in [2.05, 4.69) is 18.7 Å². The summed E-state index contributed by atoms with van der Waals surface area (Å²) in [6, 6.07) is 8.25. The molecule has 0 atom stereocenters. The molecule has 1 nitrogen and oxygen atoms in total. The van der Waals surface area contributed by atoms with Gasteiger partial charge in [0.2, 0.25) is 0 Å². The van der Waals surface area contributed by atoms with Gasteiger partial charge in [-0.3, -0.25) is 0 Å². The summed E-state index contributed by atoms with van der Waals surface area (Å²) in [4.78, 5) is 0. The summed E-state index contributed by atoms with van der Waals surface area (Å²) < 4.78 is 2.27. The molecule has 2 heteroatoms. The summed E-state index contributed by atoms with van der Waals surface area (Å²) in [5.41, 5.74) is 6.81. The van der Waals surface area contributed by atoms with Gasteiger partial charge in [-0.25, -0.2) is 0 Å². The van der Waals surface area contributed by atoms with Crippen LogP contribution in [-0.4, -0.2) is 0 Å². The average molecular weight is 215 g/mol. The maximum atomic E-state index is 6.01. The molecule has 0 aliphatic rings. The molecule has 0 saturated carbocycles. The van der Waals surface area contributed by atoms with Crippen LogP contribution in [0.5, 0.6) is 0 Å². The Labute approximate surface area is 92.8 Å². The third-order valence-electron chi connectivity index (χ3n) is 2.30. The smallest absolute Gasteiger partial charge is 0.0405 e. The normalized spacial score (nSPS) is 13.7. The van der Waals surface area contributed by atoms with Crippen molar-refractivity contribution in [3.8, 4) is 0 Å². The fourth-order valence-corrected chi connectivity index (χ4v) is 2.70. The fraction of sp³-hybridized carbons (Fsp3) is 0.0769. The molecule has 0 spiro atoms. The van der Waals surface area contributed by atoms with E-state index < -0.39 is 0 Å². The van der Waals surface area contributed by atoms with Gasteiger partial charge in [-0.2, -0.15) is 0 Å². The maximum Gasteiger partial charge on any atom is 0.0405 e. The van der Waals surface area contributed by atoms with Crippen molar-refractivity contribution in [2.24, 2.45) is 5.73 Å². The molecule has 0 saturated heterocycles. The Morgan fingerprint density at radius 3 is 2.87 bits per heavy atom. The first-order chi connectivity index (χ1) is 7.24. The van der Waals surface area contributed by atoms with E-state index in [9.17, 15) is 0 Å². The number of fused-ring (bicyclic) bond motifs is 1. The Bertz CT molecular complexity index is 620. The molecule has 0 radical (unpaired) electrons. The van der Waals surface area contributed by atoms with Crippen LogP contribution in [0.4, 0.5) is 0 Å². The van der Waals surface area contributed by atoms with Crippen molar-refractivity contribution in [2.75, 3.05) is 0 Å². The highest BCUT2D eigenvalue weighted by Gasteiger charge is 2.00. The number of rotatable bonds is 1. The predicted octanol–water partition coefficient (Wildman–Crippen LogP) is 1.95. The van der Waals surface area contributed by atoms with Gasteiger partial charge in [0, 0.05) is 25.5 Å². The van der Waals surface area contributed by atoms with Gasteiger partial charge in [0.05, 0.1) is 0 Å². The van der Waals surface area contributed by atoms with Crippen LogP contribution in [0.3, 0.4) is 0 Å². The van der Waals surface area contributed by atoms with Gasteiger partial charge in [0.25, 0.3) is 0 Å². The van der Waals surface area contributed by atoms with E-state index in [4.69, 9.17) is 5.73 Å². The Morgan fingerprint density at radius 1 is 1.40 bits per heavy atom. The highest BCUT2D eigenvalue weighted by Crippen LogP contribution is 2.12. The Balaban J connectivity index is 2.98. The number of benzene rings is 1. The van der Waals surface area contributed by atoms with Crippen molar-refractivity contribution in [2.45, 2.75) is 6.92 Å². The van der Waals surface area contributed by atoms with Crippen molar-refractivity contribution in [1.29, 1.82) is 0 Å². The lowest BCUT2D eigenvalue weighted by atomic mass is 10.2. The zero-order chi connectivity index (χ0) is 10.8. The standard InChI is InChI=1S/C13H13NS/c1-3-6-11(14)13-9(2)15-12-8-5-4-7-10(12)13/h3-8H,2,14H2,1H3/b6-3-,13-11-. The quantitative estimate of drug-likeness (QED) is 0.773. The molecule has 2 aromatic rings. The first-order valence-electron chi connectivity index (χ1n) is 4.83. The summed E-state index contributed by atoms with van der Waals surface area (Å²) in [5.74, 6) is 0. The molecule has 76 valence electrons. The fourth-order valence-electron chi connectivity index (χ4n) is 1.68. The minimum atomic E-state index is 0.792. The number of hydrogen-bond donors (Lipinski definition) is 1. The second-order valence-electron chi connectivity index (χ2n) is 3.35. The van der Waals surface area contributed by atoms with E-state index in [1.165, 1.54) is 10.1 Å². The zero-order valence-electron chi connectivity index (χ0n) is 8.66. The molecule has 0 unspecified atom stereocenters. The summed E-state index contributed by atoms with van der Waals surface area (Å²) in [6.45, 7) is 6.01. The largest absolute Gasteiger partial charge is 0.398 e. The molecule has 0 aliphatic heterocycles. The first kappa shape index (κ1) is 9.99. The Morgan fingerprint density at radius 2 is 2.13 bits per heavy atom. The van der Waals surface area contributed by atoms with Crippen LogP contribution in [0, 0.1) is 0 Å². The van der Waals surface area contributed by atoms with Gasteiger partial charge in [0.1, 0.15) is 0 Å². The molecular weight excluding hydrogens is 202 g/mol. The van der Waals surface area contributed by atoms with Crippen LogP contribution in [0.1, 0.15) is 6.92 Å². The molecule has 15 heavy (non-hydrogen) atoms. The lowest BCUT2D eigenvalue weighted by molar-refractivity contribution is 1.55. The predicted molar refractivity (Wildman–Crippen MR) is 69.0 cm³/mol. The molecular formula is C13H13NS. The van der Waals surface area contributed by atoms with Crippen LogP contribution in [0.2, 0.25) is 0 Å². The van der Waals surface area contributed by atoms with Crippen molar-refractivity contribution < 1.29 is 0 Å². The van der Waals surface area contributed by atoms with Gasteiger partial charge >= 0.3 is 0 Å². The molecule has 1 aromatic heterocycles. The highest BCUT2D eigenvalue weighted by atomic mass is 32.1. The lowest BCUT2D eigenvalue weighted by Crippen LogP contribution is -2.23. The SMILES string of the molecule is C=c1sc2ccccc2/c1=C(N)/C=C\C. The molecule has 2 rings (SSSR count). The zero-order valence-corrected chi connectivity index (χ0v) is 9.47. The van der Waals surface area contributed by atoms with E-state index in [1.54, 1.807) is 11.3 Å². The van der Waals surface area contributed by atoms with E-state index in [0.717, 1.165) is 15.4 Å². The summed E-state index contributed by atoms with van der Waals surface area (Å²) in [5, 5.41) is 2.27. The lowest BCUT2D eigenvalue weighted by Gasteiger charge is -1.91. The molecule has 1 heterocycles. The minimum Gasteiger partial charge on any atom is -0.398 e. The third kappa shape index (κ3) is 1.68. The van der Waals surface area contributed by atoms with Gasteiger partial charge in [-0.05, 0) is 19.1 Å². The van der Waals surface area contributed by atoms with Crippen molar-refractivity contribution in [3.63, 3.8) is 0 Å². The van der Waals surface area contributed by atoms with Crippen molar-refractivity contribution >= 4 is 33.7 Å². The van der Waals surface area contributed by atoms with E-state index >= 15 is 0 Å². The Kier molecular flexibility index (Phi) is 2.60. The number of hydrogen-bond acceptors (Lipinski definition) is 2. The van der Waals surface area contributed by atoms with Crippen LogP contribution >= 0.6 is 11.3 Å². The molecule has 0 aliphatic carbocycles. The number of thiophene rings is 1. The van der Waals surface area contributed by atoms with Gasteiger partial charge < -0.3 is 5.73 Å². The van der Waals surface area contributed by atoms with Crippen LogP contribution < -0.4 is 15.5 Å². The maximum absolute atomic E-state index is 6.01. The topological polar surface area (TPSA) is 26.0 Å². The van der Waals surface area contributed by atoms with Gasteiger partial charge in [-0.15, -0.1) is 11.3 Å². The van der Waals surface area contributed by atoms with Gasteiger partial charge in [0.15, 0.2) is 0 Å². The monoisotopic (exact) mass is 215 g/mol. The van der Waals surface area contributed by atoms with E-state index in [0.29, 0.717) is 0 Å². The second kappa shape index (κ2) is 3.91. The molecule has 2 N–H and O–H groups in total. The molecule has 0 amide bonds. The van der Waals surface area contributed by atoms with E-state index in [1.807, 2.05) is 31.2 Å².